The van der Waals surface area contributed by atoms with Gasteiger partial charge in [0.05, 0.1) is 6.42 Å². The normalized spacial score (nSPS) is 14.6. The number of amides is 1. The van der Waals surface area contributed by atoms with E-state index >= 15 is 0 Å². The summed E-state index contributed by atoms with van der Waals surface area (Å²) in [6.07, 6.45) is 2.10. The summed E-state index contributed by atoms with van der Waals surface area (Å²) in [6.45, 7) is 2.03. The molecule has 1 heterocycles. The molecule has 0 saturated heterocycles. The van der Waals surface area contributed by atoms with Crippen molar-refractivity contribution in [3.63, 3.8) is 0 Å². The Morgan fingerprint density at radius 3 is 3.08 bits per heavy atom. The van der Waals surface area contributed by atoms with E-state index < -0.39 is 0 Å². The second-order valence-corrected chi connectivity index (χ2v) is 3.03. The Balaban J connectivity index is 2.54. The fourth-order valence-electron chi connectivity index (χ4n) is 1.35. The summed E-state index contributed by atoms with van der Waals surface area (Å²) >= 11 is 0. The fourth-order valence-corrected chi connectivity index (χ4v) is 1.35. The summed E-state index contributed by atoms with van der Waals surface area (Å²) in [5.41, 5.74) is 3.37. The summed E-state index contributed by atoms with van der Waals surface area (Å²) in [6, 6.07) is 6.06. The molecule has 0 aliphatic carbocycles. The van der Waals surface area contributed by atoms with Gasteiger partial charge >= 0.3 is 0 Å². The van der Waals surface area contributed by atoms with Crippen LogP contribution in [-0.4, -0.2) is 12.1 Å². The number of nitrogens with zero attached hydrogens (tertiary/aromatic N) is 1. The lowest BCUT2D eigenvalue weighted by Gasteiger charge is -2.08. The van der Waals surface area contributed by atoms with E-state index in [1.165, 1.54) is 5.56 Å². The van der Waals surface area contributed by atoms with Crippen molar-refractivity contribution in [2.45, 2.75) is 13.3 Å². The van der Waals surface area contributed by atoms with Crippen LogP contribution in [0.2, 0.25) is 0 Å². The van der Waals surface area contributed by atoms with Crippen LogP contribution >= 0.6 is 0 Å². The summed E-state index contributed by atoms with van der Waals surface area (Å²) in [4.78, 5) is 14.7. The van der Waals surface area contributed by atoms with Crippen molar-refractivity contribution in [1.29, 1.82) is 0 Å². The summed E-state index contributed by atoms with van der Waals surface area (Å²) < 4.78 is 0. The smallest absolute Gasteiger partial charge is 0.250 e. The van der Waals surface area contributed by atoms with Crippen LogP contribution in [0.1, 0.15) is 16.7 Å². The van der Waals surface area contributed by atoms with E-state index in [0.29, 0.717) is 6.42 Å². The van der Waals surface area contributed by atoms with Gasteiger partial charge < -0.3 is 0 Å². The Hall–Kier alpha value is -1.44. The average molecular weight is 159 g/mol. The van der Waals surface area contributed by atoms with Crippen molar-refractivity contribution in [3.05, 3.63) is 34.9 Å². The highest BCUT2D eigenvalue weighted by atomic mass is 16.1. The number of fused-ring (bicyclic) bond motifs is 1. The first kappa shape index (κ1) is 7.22. The average Bonchev–Trinajstić information content (AvgIpc) is 2.05. The molecule has 0 spiro atoms. The molecule has 0 bridgehead atoms. The van der Waals surface area contributed by atoms with Crippen LogP contribution in [0.5, 0.6) is 0 Å². The van der Waals surface area contributed by atoms with Gasteiger partial charge in [-0.1, -0.05) is 23.8 Å². The first-order valence-corrected chi connectivity index (χ1v) is 3.92. The van der Waals surface area contributed by atoms with Crippen LogP contribution in [0.25, 0.3) is 0 Å². The third-order valence-corrected chi connectivity index (χ3v) is 1.99. The molecule has 0 unspecified atom stereocenters. The maximum absolute atomic E-state index is 10.9. The number of benzene rings is 1. The minimum absolute atomic E-state index is 0.0497. The molecule has 1 aliphatic heterocycles. The zero-order valence-electron chi connectivity index (χ0n) is 6.87. The molecule has 60 valence electrons. The van der Waals surface area contributed by atoms with Crippen LogP contribution in [0.4, 0.5) is 0 Å². The topological polar surface area (TPSA) is 29.4 Å². The molecule has 1 aromatic carbocycles. The molecule has 0 aromatic heterocycles. The van der Waals surface area contributed by atoms with Gasteiger partial charge in [0, 0.05) is 6.21 Å². The predicted octanol–water partition coefficient (Wildman–Crippen LogP) is 1.50. The van der Waals surface area contributed by atoms with E-state index in [4.69, 9.17) is 0 Å². The van der Waals surface area contributed by atoms with Crippen molar-refractivity contribution in [1.82, 2.24) is 0 Å². The lowest BCUT2D eigenvalue weighted by molar-refractivity contribution is -0.117. The van der Waals surface area contributed by atoms with Crippen molar-refractivity contribution < 1.29 is 4.79 Å². The standard InChI is InChI=1S/C10H9NO/c1-7-2-3-8-5-10(12)11-6-9(8)4-7/h2-4,6H,5H2,1H3. The van der Waals surface area contributed by atoms with E-state index in [-0.39, 0.29) is 5.91 Å². The number of carbonyl (C=O) groups excluding carboxylic acids is 1. The highest BCUT2D eigenvalue weighted by Crippen LogP contribution is 2.14. The van der Waals surface area contributed by atoms with Crippen molar-refractivity contribution in [2.75, 3.05) is 0 Å². The van der Waals surface area contributed by atoms with E-state index in [1.807, 2.05) is 25.1 Å². The molecule has 2 heteroatoms. The molecular weight excluding hydrogens is 150 g/mol. The highest BCUT2D eigenvalue weighted by molar-refractivity contribution is 5.98. The zero-order valence-corrected chi connectivity index (χ0v) is 6.87. The quantitative estimate of drug-likeness (QED) is 0.564. The lowest BCUT2D eigenvalue weighted by atomic mass is 10.0. The molecule has 0 fully saturated rings. The minimum Gasteiger partial charge on any atom is -0.272 e. The van der Waals surface area contributed by atoms with Crippen LogP contribution < -0.4 is 0 Å². The number of hydrogen-bond donors (Lipinski definition) is 0. The van der Waals surface area contributed by atoms with Gasteiger partial charge in [-0.15, -0.1) is 0 Å². The molecular formula is C10H9NO. The maximum Gasteiger partial charge on any atom is 0.250 e. The second-order valence-electron chi connectivity index (χ2n) is 3.03. The molecule has 12 heavy (non-hydrogen) atoms. The van der Waals surface area contributed by atoms with E-state index in [9.17, 15) is 4.79 Å². The number of aryl methyl sites for hydroxylation is 1. The number of aliphatic imine (C=N–C) groups is 1. The van der Waals surface area contributed by atoms with E-state index in [0.717, 1.165) is 11.1 Å². The maximum atomic E-state index is 10.9. The van der Waals surface area contributed by atoms with Crippen LogP contribution in [0.3, 0.4) is 0 Å². The first-order chi connectivity index (χ1) is 5.75. The Morgan fingerprint density at radius 2 is 2.25 bits per heavy atom. The largest absolute Gasteiger partial charge is 0.272 e. The van der Waals surface area contributed by atoms with Gasteiger partial charge in [0.2, 0.25) is 5.91 Å². The van der Waals surface area contributed by atoms with E-state index in [1.54, 1.807) is 6.21 Å². The SMILES string of the molecule is Cc1ccc2c(c1)C=NC(=O)C2. The van der Waals surface area contributed by atoms with Gasteiger partial charge in [-0.2, -0.15) is 0 Å². The monoisotopic (exact) mass is 159 g/mol. The highest BCUT2D eigenvalue weighted by Gasteiger charge is 2.10. The van der Waals surface area contributed by atoms with E-state index in [2.05, 4.69) is 4.99 Å². The zero-order chi connectivity index (χ0) is 8.55. The molecule has 0 atom stereocenters. The van der Waals surface area contributed by atoms with Crippen LogP contribution in [0, 0.1) is 6.92 Å². The van der Waals surface area contributed by atoms with Crippen LogP contribution in [-0.2, 0) is 11.2 Å². The first-order valence-electron chi connectivity index (χ1n) is 3.92. The van der Waals surface area contributed by atoms with Gasteiger partial charge in [-0.05, 0) is 18.1 Å². The van der Waals surface area contributed by atoms with Crippen molar-refractivity contribution in [2.24, 2.45) is 4.99 Å². The number of carbonyl (C=O) groups is 1. The van der Waals surface area contributed by atoms with Crippen molar-refractivity contribution >= 4 is 12.1 Å². The summed E-state index contributed by atoms with van der Waals surface area (Å²) in [5.74, 6) is -0.0497. The van der Waals surface area contributed by atoms with Gasteiger partial charge in [0.1, 0.15) is 0 Å². The molecule has 2 rings (SSSR count). The number of rotatable bonds is 0. The van der Waals surface area contributed by atoms with Gasteiger partial charge in [0.25, 0.3) is 0 Å². The Kier molecular flexibility index (Phi) is 1.54. The fraction of sp³-hybridized carbons (Fsp3) is 0.200. The van der Waals surface area contributed by atoms with Gasteiger partial charge in [-0.25, -0.2) is 4.99 Å². The minimum atomic E-state index is -0.0497. The second kappa shape index (κ2) is 2.55. The Morgan fingerprint density at radius 1 is 1.42 bits per heavy atom. The molecule has 1 aromatic rings. The van der Waals surface area contributed by atoms with Crippen molar-refractivity contribution in [3.8, 4) is 0 Å². The third-order valence-electron chi connectivity index (χ3n) is 1.99. The molecule has 2 nitrogen and oxygen atoms in total. The number of hydrogen-bond acceptors (Lipinski definition) is 1. The predicted molar refractivity (Wildman–Crippen MR) is 47.5 cm³/mol. The Labute approximate surface area is 70.9 Å². The summed E-state index contributed by atoms with van der Waals surface area (Å²) in [5, 5.41) is 0. The summed E-state index contributed by atoms with van der Waals surface area (Å²) in [7, 11) is 0. The third kappa shape index (κ3) is 1.16. The molecule has 0 N–H and O–H groups in total. The Bertz CT molecular complexity index is 366. The molecule has 0 radical (unpaired) electrons. The molecule has 0 saturated carbocycles. The molecule has 1 aliphatic rings. The van der Waals surface area contributed by atoms with Gasteiger partial charge in [-0.3, -0.25) is 4.79 Å². The van der Waals surface area contributed by atoms with Gasteiger partial charge in [0.15, 0.2) is 0 Å². The van der Waals surface area contributed by atoms with Crippen LogP contribution in [0.15, 0.2) is 23.2 Å². The lowest BCUT2D eigenvalue weighted by Crippen LogP contribution is -2.08. The molecule has 1 amide bonds.